The zero-order valence-electron chi connectivity index (χ0n) is 9.33. The van der Waals surface area contributed by atoms with Crippen molar-refractivity contribution in [2.75, 3.05) is 0 Å². The molecule has 0 saturated carbocycles. The molecule has 1 rings (SSSR count). The summed E-state index contributed by atoms with van der Waals surface area (Å²) in [5, 5.41) is 9.40. The van der Waals surface area contributed by atoms with Gasteiger partial charge in [0.1, 0.15) is 5.75 Å². The second-order valence-electron chi connectivity index (χ2n) is 4.26. The third kappa shape index (κ3) is 2.07. The Morgan fingerprint density at radius 2 is 1.57 bits per heavy atom. The van der Waals surface area contributed by atoms with Crippen LogP contribution in [0.1, 0.15) is 36.6 Å². The molecule has 1 atom stereocenters. The fraction of sp³-hybridized carbons (Fsp3) is 0.500. The van der Waals surface area contributed by atoms with Crippen LogP contribution >= 0.6 is 0 Å². The molecular weight excluding hydrogens is 174 g/mol. The van der Waals surface area contributed by atoms with Gasteiger partial charge in [0, 0.05) is 6.04 Å². The number of benzene rings is 1. The quantitative estimate of drug-likeness (QED) is 0.758. The molecule has 0 radical (unpaired) electrons. The standard InChI is InChI=1S/C12H19NO/c1-7(2)12(13)11-8(3)5-10(14)6-9(11)4/h5-7,12,14H,13H2,1-4H3/t12-/m1/s1. The first-order chi connectivity index (χ1) is 6.43. The van der Waals surface area contributed by atoms with Gasteiger partial charge in [-0.15, -0.1) is 0 Å². The molecule has 0 heterocycles. The van der Waals surface area contributed by atoms with Crippen LogP contribution in [0.2, 0.25) is 0 Å². The van der Waals surface area contributed by atoms with Crippen LogP contribution in [0.3, 0.4) is 0 Å². The Morgan fingerprint density at radius 3 is 1.93 bits per heavy atom. The van der Waals surface area contributed by atoms with Crippen molar-refractivity contribution >= 4 is 0 Å². The molecule has 0 amide bonds. The number of hydrogen-bond donors (Lipinski definition) is 2. The van der Waals surface area contributed by atoms with Crippen LogP contribution in [-0.4, -0.2) is 5.11 Å². The molecule has 3 N–H and O–H groups in total. The average Bonchev–Trinajstić information content (AvgIpc) is 2.01. The van der Waals surface area contributed by atoms with Gasteiger partial charge in [-0.3, -0.25) is 0 Å². The van der Waals surface area contributed by atoms with E-state index in [4.69, 9.17) is 5.73 Å². The minimum Gasteiger partial charge on any atom is -0.508 e. The van der Waals surface area contributed by atoms with Crippen molar-refractivity contribution in [1.82, 2.24) is 0 Å². The summed E-state index contributed by atoms with van der Waals surface area (Å²) in [5.74, 6) is 0.733. The van der Waals surface area contributed by atoms with Crippen molar-refractivity contribution < 1.29 is 5.11 Å². The summed E-state index contributed by atoms with van der Waals surface area (Å²) in [6.45, 7) is 8.20. The monoisotopic (exact) mass is 193 g/mol. The summed E-state index contributed by atoms with van der Waals surface area (Å²) in [7, 11) is 0. The average molecular weight is 193 g/mol. The Morgan fingerprint density at radius 1 is 1.14 bits per heavy atom. The molecule has 14 heavy (non-hydrogen) atoms. The van der Waals surface area contributed by atoms with E-state index in [-0.39, 0.29) is 6.04 Å². The Kier molecular flexibility index (Phi) is 3.17. The van der Waals surface area contributed by atoms with Gasteiger partial charge >= 0.3 is 0 Å². The Hall–Kier alpha value is -1.02. The van der Waals surface area contributed by atoms with Crippen molar-refractivity contribution in [1.29, 1.82) is 0 Å². The van der Waals surface area contributed by atoms with Crippen LogP contribution in [0.5, 0.6) is 5.75 Å². The van der Waals surface area contributed by atoms with Gasteiger partial charge in [0.05, 0.1) is 0 Å². The maximum atomic E-state index is 9.40. The van der Waals surface area contributed by atoms with Crippen LogP contribution in [-0.2, 0) is 0 Å². The second-order valence-corrected chi connectivity index (χ2v) is 4.26. The van der Waals surface area contributed by atoms with Crippen molar-refractivity contribution in [2.45, 2.75) is 33.7 Å². The van der Waals surface area contributed by atoms with E-state index in [1.807, 2.05) is 13.8 Å². The van der Waals surface area contributed by atoms with Gasteiger partial charge in [0.2, 0.25) is 0 Å². The molecule has 0 unspecified atom stereocenters. The number of aromatic hydroxyl groups is 1. The maximum Gasteiger partial charge on any atom is 0.116 e. The molecule has 1 aromatic carbocycles. The Labute approximate surface area is 85.8 Å². The lowest BCUT2D eigenvalue weighted by molar-refractivity contribution is 0.471. The molecule has 2 nitrogen and oxygen atoms in total. The van der Waals surface area contributed by atoms with E-state index in [9.17, 15) is 5.11 Å². The number of phenolic OH excluding ortho intramolecular Hbond substituents is 1. The number of hydrogen-bond acceptors (Lipinski definition) is 2. The van der Waals surface area contributed by atoms with Crippen molar-refractivity contribution in [2.24, 2.45) is 11.7 Å². The van der Waals surface area contributed by atoms with Gasteiger partial charge < -0.3 is 10.8 Å². The summed E-state index contributed by atoms with van der Waals surface area (Å²) >= 11 is 0. The molecule has 0 bridgehead atoms. The molecule has 0 aliphatic heterocycles. The summed E-state index contributed by atoms with van der Waals surface area (Å²) in [4.78, 5) is 0. The van der Waals surface area contributed by atoms with Gasteiger partial charge in [0.15, 0.2) is 0 Å². The first-order valence-electron chi connectivity index (χ1n) is 4.99. The van der Waals surface area contributed by atoms with Crippen LogP contribution in [0.15, 0.2) is 12.1 Å². The summed E-state index contributed by atoms with van der Waals surface area (Å²) in [6.07, 6.45) is 0. The zero-order valence-corrected chi connectivity index (χ0v) is 9.33. The molecule has 0 spiro atoms. The number of nitrogens with two attached hydrogens (primary N) is 1. The van der Waals surface area contributed by atoms with Crippen LogP contribution in [0.4, 0.5) is 0 Å². The maximum absolute atomic E-state index is 9.40. The van der Waals surface area contributed by atoms with Crippen molar-refractivity contribution in [3.63, 3.8) is 0 Å². The minimum atomic E-state index is 0.0515. The molecule has 1 aromatic rings. The summed E-state index contributed by atoms with van der Waals surface area (Å²) < 4.78 is 0. The van der Waals surface area contributed by atoms with E-state index in [1.54, 1.807) is 12.1 Å². The smallest absolute Gasteiger partial charge is 0.116 e. The molecule has 0 aliphatic rings. The molecule has 0 saturated heterocycles. The van der Waals surface area contributed by atoms with Crippen LogP contribution in [0, 0.1) is 19.8 Å². The normalized spacial score (nSPS) is 13.3. The van der Waals surface area contributed by atoms with Gasteiger partial charge in [-0.2, -0.15) is 0 Å². The highest BCUT2D eigenvalue weighted by molar-refractivity contribution is 5.42. The van der Waals surface area contributed by atoms with E-state index in [0.717, 1.165) is 16.7 Å². The van der Waals surface area contributed by atoms with E-state index >= 15 is 0 Å². The predicted molar refractivity (Wildman–Crippen MR) is 59.3 cm³/mol. The predicted octanol–water partition coefficient (Wildman–Crippen LogP) is 2.66. The molecule has 0 aliphatic carbocycles. The first kappa shape index (κ1) is 11.1. The van der Waals surface area contributed by atoms with Crippen molar-refractivity contribution in [3.05, 3.63) is 28.8 Å². The number of phenols is 1. The van der Waals surface area contributed by atoms with Gasteiger partial charge in [-0.1, -0.05) is 13.8 Å². The van der Waals surface area contributed by atoms with E-state index in [1.165, 1.54) is 0 Å². The largest absolute Gasteiger partial charge is 0.508 e. The fourth-order valence-electron chi connectivity index (χ4n) is 1.81. The third-order valence-corrected chi connectivity index (χ3v) is 2.63. The van der Waals surface area contributed by atoms with E-state index < -0.39 is 0 Å². The minimum absolute atomic E-state index is 0.0515. The number of rotatable bonds is 2. The molecule has 78 valence electrons. The number of aryl methyl sites for hydroxylation is 2. The summed E-state index contributed by atoms with van der Waals surface area (Å²) in [5.41, 5.74) is 9.42. The van der Waals surface area contributed by atoms with E-state index in [2.05, 4.69) is 13.8 Å². The van der Waals surface area contributed by atoms with Gasteiger partial charge in [-0.25, -0.2) is 0 Å². The van der Waals surface area contributed by atoms with Crippen molar-refractivity contribution in [3.8, 4) is 5.75 Å². The lowest BCUT2D eigenvalue weighted by atomic mass is 9.90. The fourth-order valence-corrected chi connectivity index (χ4v) is 1.81. The SMILES string of the molecule is Cc1cc(O)cc(C)c1[C@H](N)C(C)C. The molecular formula is C12H19NO. The lowest BCUT2D eigenvalue weighted by Gasteiger charge is -2.21. The molecule has 0 fully saturated rings. The first-order valence-corrected chi connectivity index (χ1v) is 4.99. The molecule has 0 aromatic heterocycles. The second kappa shape index (κ2) is 4.01. The summed E-state index contributed by atoms with van der Waals surface area (Å²) in [6, 6.07) is 3.59. The molecule has 2 heteroatoms. The van der Waals surface area contributed by atoms with Crippen LogP contribution < -0.4 is 5.73 Å². The zero-order chi connectivity index (χ0) is 10.9. The van der Waals surface area contributed by atoms with Gasteiger partial charge in [-0.05, 0) is 48.6 Å². The Bertz CT molecular complexity index is 308. The lowest BCUT2D eigenvalue weighted by Crippen LogP contribution is -2.19. The Balaban J connectivity index is 3.20. The van der Waals surface area contributed by atoms with Crippen LogP contribution in [0.25, 0.3) is 0 Å². The highest BCUT2D eigenvalue weighted by Crippen LogP contribution is 2.28. The third-order valence-electron chi connectivity index (χ3n) is 2.63. The van der Waals surface area contributed by atoms with Gasteiger partial charge in [0.25, 0.3) is 0 Å². The highest BCUT2D eigenvalue weighted by Gasteiger charge is 2.15. The topological polar surface area (TPSA) is 46.2 Å². The van der Waals surface area contributed by atoms with E-state index in [0.29, 0.717) is 11.7 Å². The highest BCUT2D eigenvalue weighted by atomic mass is 16.3.